The van der Waals surface area contributed by atoms with E-state index in [-0.39, 0.29) is 37.7 Å². The highest BCUT2D eigenvalue weighted by Gasteiger charge is 2.36. The summed E-state index contributed by atoms with van der Waals surface area (Å²) >= 11 is 0. The number of ether oxygens (including phenoxy) is 2. The fraction of sp³-hybridized carbons (Fsp3) is 0.529. The summed E-state index contributed by atoms with van der Waals surface area (Å²) in [5.41, 5.74) is 0.892. The number of hydrogen-bond donors (Lipinski definition) is 1. The van der Waals surface area contributed by atoms with Crippen LogP contribution in [0.25, 0.3) is 0 Å². The number of aliphatic hydroxyl groups is 1. The van der Waals surface area contributed by atoms with Crippen LogP contribution in [-0.2, 0) is 20.9 Å². The Labute approximate surface area is 136 Å². The predicted molar refractivity (Wildman–Crippen MR) is 83.6 cm³/mol. The topological polar surface area (TPSA) is 76.1 Å². The van der Waals surface area contributed by atoms with Gasteiger partial charge in [-0.1, -0.05) is 30.3 Å². The number of nitrogens with zero attached hydrogens (tertiary/aromatic N) is 1. The predicted octanol–water partition coefficient (Wildman–Crippen LogP) is 2.10. The molecule has 23 heavy (non-hydrogen) atoms. The van der Waals surface area contributed by atoms with Gasteiger partial charge in [-0.2, -0.15) is 0 Å². The molecule has 0 aromatic heterocycles. The second-order valence-corrected chi connectivity index (χ2v) is 5.65. The maximum Gasteiger partial charge on any atom is 0.410 e. The molecular formula is C17H23NO5. The van der Waals surface area contributed by atoms with Crippen molar-refractivity contribution in [3.8, 4) is 0 Å². The Morgan fingerprint density at radius 1 is 1.22 bits per heavy atom. The van der Waals surface area contributed by atoms with Crippen LogP contribution in [0.1, 0.15) is 31.2 Å². The molecular weight excluding hydrogens is 298 g/mol. The maximum atomic E-state index is 12.5. The first-order valence-corrected chi connectivity index (χ1v) is 7.82. The van der Waals surface area contributed by atoms with Gasteiger partial charge in [0.1, 0.15) is 6.61 Å². The number of carbonyl (C=O) groups is 2. The van der Waals surface area contributed by atoms with Crippen molar-refractivity contribution in [3.63, 3.8) is 0 Å². The largest absolute Gasteiger partial charge is 0.469 e. The fourth-order valence-corrected chi connectivity index (χ4v) is 2.91. The van der Waals surface area contributed by atoms with E-state index >= 15 is 0 Å². The summed E-state index contributed by atoms with van der Waals surface area (Å²) in [6, 6.07) is 8.78. The second-order valence-electron chi connectivity index (χ2n) is 5.65. The van der Waals surface area contributed by atoms with E-state index in [1.165, 1.54) is 12.0 Å². The van der Waals surface area contributed by atoms with Gasteiger partial charge in [-0.3, -0.25) is 9.69 Å². The minimum absolute atomic E-state index is 0.118. The smallest absolute Gasteiger partial charge is 0.410 e. The summed E-state index contributed by atoms with van der Waals surface area (Å²) < 4.78 is 10.1. The summed E-state index contributed by atoms with van der Waals surface area (Å²) in [6.45, 7) is 0.0252. The normalized spacial score (nSPS) is 20.9. The Morgan fingerprint density at radius 3 is 2.57 bits per heavy atom. The van der Waals surface area contributed by atoms with Gasteiger partial charge in [-0.25, -0.2) is 4.79 Å². The molecule has 0 spiro atoms. The van der Waals surface area contributed by atoms with E-state index in [0.717, 1.165) is 12.0 Å². The molecule has 0 saturated carbocycles. The lowest BCUT2D eigenvalue weighted by molar-refractivity contribution is -0.142. The van der Waals surface area contributed by atoms with Crippen molar-refractivity contribution in [1.29, 1.82) is 0 Å². The lowest BCUT2D eigenvalue weighted by Gasteiger charge is -2.40. The monoisotopic (exact) mass is 321 g/mol. The lowest BCUT2D eigenvalue weighted by Crippen LogP contribution is -2.52. The Hall–Kier alpha value is -2.08. The minimum Gasteiger partial charge on any atom is -0.469 e. The van der Waals surface area contributed by atoms with Crippen LogP contribution < -0.4 is 0 Å². The van der Waals surface area contributed by atoms with Gasteiger partial charge in [0, 0.05) is 6.04 Å². The lowest BCUT2D eigenvalue weighted by atomic mass is 9.94. The van der Waals surface area contributed by atoms with E-state index in [0.29, 0.717) is 12.8 Å². The van der Waals surface area contributed by atoms with Crippen LogP contribution >= 0.6 is 0 Å². The van der Waals surface area contributed by atoms with Crippen molar-refractivity contribution >= 4 is 12.1 Å². The molecule has 1 heterocycles. The van der Waals surface area contributed by atoms with Crippen molar-refractivity contribution in [1.82, 2.24) is 4.90 Å². The number of methoxy groups -OCH3 is 1. The Balaban J connectivity index is 2.03. The van der Waals surface area contributed by atoms with Crippen LogP contribution in [0.5, 0.6) is 0 Å². The number of esters is 1. The molecule has 6 heteroatoms. The Morgan fingerprint density at radius 2 is 1.91 bits per heavy atom. The molecule has 0 unspecified atom stereocenters. The van der Waals surface area contributed by atoms with Crippen molar-refractivity contribution < 1.29 is 24.2 Å². The van der Waals surface area contributed by atoms with Crippen LogP contribution in [0.3, 0.4) is 0 Å². The highest BCUT2D eigenvalue weighted by molar-refractivity contribution is 5.73. The van der Waals surface area contributed by atoms with Gasteiger partial charge < -0.3 is 14.6 Å². The molecule has 2 rings (SSSR count). The molecule has 126 valence electrons. The molecule has 0 bridgehead atoms. The van der Waals surface area contributed by atoms with E-state index in [4.69, 9.17) is 9.47 Å². The molecule has 1 aliphatic rings. The van der Waals surface area contributed by atoms with Gasteiger partial charge in [0.05, 0.1) is 26.2 Å². The van der Waals surface area contributed by atoms with E-state index in [1.54, 1.807) is 0 Å². The van der Waals surface area contributed by atoms with Crippen LogP contribution in [0.4, 0.5) is 4.79 Å². The first-order chi connectivity index (χ1) is 11.2. The summed E-state index contributed by atoms with van der Waals surface area (Å²) in [4.78, 5) is 25.5. The van der Waals surface area contributed by atoms with Crippen molar-refractivity contribution in [2.24, 2.45) is 0 Å². The highest BCUT2D eigenvalue weighted by atomic mass is 16.6. The average Bonchev–Trinajstić information content (AvgIpc) is 2.60. The van der Waals surface area contributed by atoms with Crippen LogP contribution in [0.2, 0.25) is 0 Å². The molecule has 1 saturated heterocycles. The fourth-order valence-electron chi connectivity index (χ4n) is 2.91. The zero-order chi connectivity index (χ0) is 16.7. The molecule has 1 aliphatic heterocycles. The minimum atomic E-state index is -0.499. The zero-order valence-electron chi connectivity index (χ0n) is 13.3. The van der Waals surface area contributed by atoms with Crippen molar-refractivity contribution in [3.05, 3.63) is 35.9 Å². The standard InChI is InChI=1S/C17H23NO5/c1-22-16(20)10-14-8-5-9-15(11-19)18(14)17(21)23-12-13-6-3-2-4-7-13/h2-4,6-7,14-15,19H,5,8-12H2,1H3/t14-,15+/m1/s1. The van der Waals surface area contributed by atoms with Crippen LogP contribution in [-0.4, -0.2) is 47.9 Å². The summed E-state index contributed by atoms with van der Waals surface area (Å²) in [5.74, 6) is -0.366. The first kappa shape index (κ1) is 17.3. The molecule has 2 atom stereocenters. The quantitative estimate of drug-likeness (QED) is 0.841. The summed E-state index contributed by atoms with van der Waals surface area (Å²) in [6.07, 6.45) is 1.88. The molecule has 1 N–H and O–H groups in total. The number of likely N-dealkylation sites (tertiary alicyclic amines) is 1. The molecule has 0 radical (unpaired) electrons. The van der Waals surface area contributed by atoms with E-state index < -0.39 is 6.09 Å². The van der Waals surface area contributed by atoms with Gasteiger partial charge in [-0.05, 0) is 24.8 Å². The van der Waals surface area contributed by atoms with Gasteiger partial charge in [0.25, 0.3) is 0 Å². The van der Waals surface area contributed by atoms with E-state index in [2.05, 4.69) is 0 Å². The number of benzene rings is 1. The van der Waals surface area contributed by atoms with Crippen LogP contribution in [0, 0.1) is 0 Å². The van der Waals surface area contributed by atoms with Gasteiger partial charge in [-0.15, -0.1) is 0 Å². The zero-order valence-corrected chi connectivity index (χ0v) is 13.3. The maximum absolute atomic E-state index is 12.5. The van der Waals surface area contributed by atoms with Gasteiger partial charge in [0.2, 0.25) is 0 Å². The summed E-state index contributed by atoms with van der Waals surface area (Å²) in [7, 11) is 1.33. The number of carbonyl (C=O) groups excluding carboxylic acids is 2. The number of hydrogen-bond acceptors (Lipinski definition) is 5. The number of rotatable bonds is 5. The second kappa shape index (κ2) is 8.53. The Bertz CT molecular complexity index is 519. The number of aliphatic hydroxyl groups excluding tert-OH is 1. The molecule has 1 amide bonds. The number of amides is 1. The third-order valence-corrected chi connectivity index (χ3v) is 4.12. The molecule has 1 aromatic carbocycles. The van der Waals surface area contributed by atoms with Gasteiger partial charge >= 0.3 is 12.1 Å². The molecule has 6 nitrogen and oxygen atoms in total. The van der Waals surface area contributed by atoms with Crippen LogP contribution in [0.15, 0.2) is 30.3 Å². The molecule has 1 aromatic rings. The Kier molecular flexibility index (Phi) is 6.40. The summed E-state index contributed by atoms with van der Waals surface area (Å²) in [5, 5.41) is 9.54. The SMILES string of the molecule is COC(=O)C[C@H]1CCC[C@@H](CO)N1C(=O)OCc1ccccc1. The third kappa shape index (κ3) is 4.69. The molecule has 1 fully saturated rings. The molecule has 0 aliphatic carbocycles. The number of piperidine rings is 1. The third-order valence-electron chi connectivity index (χ3n) is 4.12. The average molecular weight is 321 g/mol. The van der Waals surface area contributed by atoms with E-state index in [9.17, 15) is 14.7 Å². The van der Waals surface area contributed by atoms with Gasteiger partial charge in [0.15, 0.2) is 0 Å². The van der Waals surface area contributed by atoms with Crippen molar-refractivity contribution in [2.75, 3.05) is 13.7 Å². The van der Waals surface area contributed by atoms with E-state index in [1.807, 2.05) is 30.3 Å². The highest BCUT2D eigenvalue weighted by Crippen LogP contribution is 2.26. The first-order valence-electron chi connectivity index (χ1n) is 7.82. The van der Waals surface area contributed by atoms with Crippen molar-refractivity contribution in [2.45, 2.75) is 44.4 Å².